The number of nitrogens with one attached hydrogen (secondary N) is 2. The van der Waals surface area contributed by atoms with Gasteiger partial charge in [0.1, 0.15) is 5.82 Å². The predicted molar refractivity (Wildman–Crippen MR) is 134 cm³/mol. The number of para-hydroxylation sites is 3. The first kappa shape index (κ1) is 23.9. The molecular weight excluding hydrogens is 470 g/mol. The van der Waals surface area contributed by atoms with Crippen LogP contribution in [0.1, 0.15) is 33.0 Å². The van der Waals surface area contributed by atoms with Crippen molar-refractivity contribution in [3.63, 3.8) is 0 Å². The third-order valence-corrected chi connectivity index (χ3v) is 5.83. The number of halogens is 1. The number of hydrogen-bond acceptors (Lipinski definition) is 5. The fraction of sp³-hybridized carbons (Fsp3) is 0.160. The summed E-state index contributed by atoms with van der Waals surface area (Å²) < 4.78 is 2.11. The van der Waals surface area contributed by atoms with E-state index in [4.69, 9.17) is 11.6 Å². The highest BCUT2D eigenvalue weighted by atomic mass is 35.5. The van der Waals surface area contributed by atoms with Crippen molar-refractivity contribution in [3.05, 3.63) is 98.8 Å². The molecule has 0 aliphatic heterocycles. The first-order valence-electron chi connectivity index (χ1n) is 10.9. The van der Waals surface area contributed by atoms with E-state index in [9.17, 15) is 19.7 Å². The standard InChI is InChI=1S/C25H22ClN5O4/c1-16-28-22-9-4-5-10-23(22)30(16)14-6-13-27-24(32)19-7-2-3-8-21(19)29-25(33)18-12-11-17(31(34)35)15-20(18)26/h2-5,7-12,15H,6,13-14H2,1H3,(H,27,32)(H,29,33). The normalized spacial score (nSPS) is 10.8. The Hall–Kier alpha value is -4.24. The molecule has 0 fully saturated rings. The van der Waals surface area contributed by atoms with Gasteiger partial charge in [-0.3, -0.25) is 19.7 Å². The third-order valence-electron chi connectivity index (χ3n) is 5.52. The number of nitro groups is 1. The highest BCUT2D eigenvalue weighted by Gasteiger charge is 2.18. The van der Waals surface area contributed by atoms with Gasteiger partial charge >= 0.3 is 0 Å². The van der Waals surface area contributed by atoms with Gasteiger partial charge in [0.25, 0.3) is 17.5 Å². The molecule has 0 unspecified atom stereocenters. The van der Waals surface area contributed by atoms with Gasteiger partial charge in [0.15, 0.2) is 0 Å². The number of anilines is 1. The van der Waals surface area contributed by atoms with Crippen molar-refractivity contribution >= 4 is 45.8 Å². The van der Waals surface area contributed by atoms with E-state index in [0.717, 1.165) is 22.9 Å². The summed E-state index contributed by atoms with van der Waals surface area (Å²) in [5.41, 5.74) is 2.44. The van der Waals surface area contributed by atoms with E-state index in [-0.39, 0.29) is 22.2 Å². The van der Waals surface area contributed by atoms with Gasteiger partial charge < -0.3 is 15.2 Å². The van der Waals surface area contributed by atoms with E-state index >= 15 is 0 Å². The van der Waals surface area contributed by atoms with E-state index in [2.05, 4.69) is 20.2 Å². The molecule has 4 rings (SSSR count). The Morgan fingerprint density at radius 3 is 2.54 bits per heavy atom. The molecule has 0 aliphatic rings. The van der Waals surface area contributed by atoms with Gasteiger partial charge in [-0.2, -0.15) is 0 Å². The second-order valence-corrected chi connectivity index (χ2v) is 8.24. The molecule has 3 aromatic carbocycles. The lowest BCUT2D eigenvalue weighted by atomic mass is 10.1. The van der Waals surface area contributed by atoms with E-state index in [1.54, 1.807) is 24.3 Å². The van der Waals surface area contributed by atoms with Crippen molar-refractivity contribution in [1.29, 1.82) is 0 Å². The number of aryl methyl sites for hydroxylation is 2. The highest BCUT2D eigenvalue weighted by molar-refractivity contribution is 6.34. The minimum atomic E-state index is -0.593. The SMILES string of the molecule is Cc1nc2ccccc2n1CCCNC(=O)c1ccccc1NC(=O)c1ccc([N+](=O)[O-])cc1Cl. The molecule has 1 heterocycles. The Morgan fingerprint density at radius 1 is 1.03 bits per heavy atom. The summed E-state index contributed by atoms with van der Waals surface area (Å²) in [6, 6.07) is 18.1. The van der Waals surface area contributed by atoms with Crippen molar-refractivity contribution in [2.45, 2.75) is 19.9 Å². The van der Waals surface area contributed by atoms with E-state index in [1.165, 1.54) is 12.1 Å². The summed E-state index contributed by atoms with van der Waals surface area (Å²) in [4.78, 5) is 40.4. The van der Waals surface area contributed by atoms with Crippen molar-refractivity contribution in [1.82, 2.24) is 14.9 Å². The van der Waals surface area contributed by atoms with Crippen LogP contribution in [0.15, 0.2) is 66.7 Å². The Labute approximate surface area is 205 Å². The van der Waals surface area contributed by atoms with Gasteiger partial charge in [0.2, 0.25) is 0 Å². The number of aromatic nitrogens is 2. The zero-order chi connectivity index (χ0) is 24.9. The minimum absolute atomic E-state index is 0.0547. The van der Waals surface area contributed by atoms with Crippen LogP contribution in [0.3, 0.4) is 0 Å². The van der Waals surface area contributed by atoms with Crippen LogP contribution in [-0.2, 0) is 6.54 Å². The van der Waals surface area contributed by atoms with E-state index in [1.807, 2.05) is 31.2 Å². The number of non-ortho nitro benzene ring substituents is 1. The van der Waals surface area contributed by atoms with Gasteiger partial charge in [0, 0.05) is 25.2 Å². The molecule has 2 N–H and O–H groups in total. The molecule has 178 valence electrons. The van der Waals surface area contributed by atoms with Crippen LogP contribution in [0.5, 0.6) is 0 Å². The monoisotopic (exact) mass is 491 g/mol. The summed E-state index contributed by atoms with van der Waals surface area (Å²) in [5, 5.41) is 16.4. The molecule has 0 radical (unpaired) electrons. The van der Waals surface area contributed by atoms with Gasteiger partial charge in [-0.05, 0) is 43.7 Å². The maximum absolute atomic E-state index is 12.8. The largest absolute Gasteiger partial charge is 0.352 e. The summed E-state index contributed by atoms with van der Waals surface area (Å²) in [7, 11) is 0. The van der Waals surface area contributed by atoms with Crippen molar-refractivity contribution < 1.29 is 14.5 Å². The molecule has 0 bridgehead atoms. The predicted octanol–water partition coefficient (Wildman–Crippen LogP) is 4.98. The highest BCUT2D eigenvalue weighted by Crippen LogP contribution is 2.24. The second-order valence-electron chi connectivity index (χ2n) is 7.83. The van der Waals surface area contributed by atoms with Gasteiger partial charge in [-0.25, -0.2) is 4.98 Å². The summed E-state index contributed by atoms with van der Waals surface area (Å²) >= 11 is 6.06. The molecule has 0 aliphatic carbocycles. The molecule has 2 amide bonds. The number of nitrogens with zero attached hydrogens (tertiary/aromatic N) is 3. The zero-order valence-electron chi connectivity index (χ0n) is 18.8. The average Bonchev–Trinajstić information content (AvgIpc) is 3.16. The maximum atomic E-state index is 12.8. The molecular formula is C25H22ClN5O4. The number of hydrogen-bond donors (Lipinski definition) is 2. The lowest BCUT2D eigenvalue weighted by Gasteiger charge is -2.12. The van der Waals surface area contributed by atoms with Crippen molar-refractivity contribution in [2.75, 3.05) is 11.9 Å². The van der Waals surface area contributed by atoms with Crippen LogP contribution in [0, 0.1) is 17.0 Å². The molecule has 0 saturated heterocycles. The number of benzene rings is 3. The molecule has 4 aromatic rings. The van der Waals surface area contributed by atoms with E-state index < -0.39 is 10.8 Å². The van der Waals surface area contributed by atoms with Crippen LogP contribution in [0.4, 0.5) is 11.4 Å². The van der Waals surface area contributed by atoms with Gasteiger partial charge in [-0.15, -0.1) is 0 Å². The van der Waals surface area contributed by atoms with Crippen LogP contribution >= 0.6 is 11.6 Å². The van der Waals surface area contributed by atoms with E-state index in [0.29, 0.717) is 30.8 Å². The lowest BCUT2D eigenvalue weighted by Crippen LogP contribution is -2.27. The smallest absolute Gasteiger partial charge is 0.270 e. The van der Waals surface area contributed by atoms with Crippen LogP contribution in [0.2, 0.25) is 5.02 Å². The fourth-order valence-electron chi connectivity index (χ4n) is 3.79. The maximum Gasteiger partial charge on any atom is 0.270 e. The Bertz CT molecular complexity index is 1430. The summed E-state index contributed by atoms with van der Waals surface area (Å²) in [5.74, 6) is 0.00556. The average molecular weight is 492 g/mol. The quantitative estimate of drug-likeness (QED) is 0.205. The Kier molecular flexibility index (Phi) is 7.07. The number of carbonyl (C=O) groups is 2. The first-order valence-corrected chi connectivity index (χ1v) is 11.3. The summed E-state index contributed by atoms with van der Waals surface area (Å²) in [6.07, 6.45) is 0.694. The molecule has 35 heavy (non-hydrogen) atoms. The van der Waals surface area contributed by atoms with Gasteiger partial charge in [-0.1, -0.05) is 35.9 Å². The molecule has 0 spiro atoms. The second kappa shape index (κ2) is 10.4. The van der Waals surface area contributed by atoms with Crippen molar-refractivity contribution in [2.24, 2.45) is 0 Å². The molecule has 0 atom stereocenters. The topological polar surface area (TPSA) is 119 Å². The van der Waals surface area contributed by atoms with Crippen molar-refractivity contribution in [3.8, 4) is 0 Å². The van der Waals surface area contributed by atoms with Gasteiger partial charge in [0.05, 0.1) is 37.8 Å². The number of nitro benzene ring substituents is 1. The number of carbonyl (C=O) groups excluding carboxylic acids is 2. The zero-order valence-corrected chi connectivity index (χ0v) is 19.6. The fourth-order valence-corrected chi connectivity index (χ4v) is 4.05. The lowest BCUT2D eigenvalue weighted by molar-refractivity contribution is -0.384. The number of fused-ring (bicyclic) bond motifs is 1. The Balaban J connectivity index is 1.39. The Morgan fingerprint density at radius 2 is 1.77 bits per heavy atom. The summed E-state index contributed by atoms with van der Waals surface area (Å²) in [6.45, 7) is 3.08. The number of rotatable bonds is 8. The first-order chi connectivity index (χ1) is 16.8. The van der Waals surface area contributed by atoms with Crippen LogP contribution < -0.4 is 10.6 Å². The third kappa shape index (κ3) is 5.30. The number of amides is 2. The molecule has 10 heteroatoms. The minimum Gasteiger partial charge on any atom is -0.352 e. The van der Waals surface area contributed by atoms with Crippen LogP contribution in [0.25, 0.3) is 11.0 Å². The van der Waals surface area contributed by atoms with Crippen LogP contribution in [-0.4, -0.2) is 32.8 Å². The molecule has 1 aromatic heterocycles. The molecule has 0 saturated carbocycles. The molecule has 9 nitrogen and oxygen atoms in total. The number of imidazole rings is 1.